The predicted molar refractivity (Wildman–Crippen MR) is 68.2 cm³/mol. The highest BCUT2D eigenvalue weighted by molar-refractivity contribution is 5.80. The van der Waals surface area contributed by atoms with Crippen molar-refractivity contribution in [2.45, 2.75) is 12.8 Å². The molecule has 1 N–H and O–H groups in total. The van der Waals surface area contributed by atoms with Crippen LogP contribution < -0.4 is 5.32 Å². The van der Waals surface area contributed by atoms with Gasteiger partial charge in [0.1, 0.15) is 5.82 Å². The number of nitrogens with one attached hydrogen (secondary N) is 1. The first-order valence-corrected chi connectivity index (χ1v) is 5.96. The van der Waals surface area contributed by atoms with Crippen molar-refractivity contribution >= 4 is 11.9 Å². The van der Waals surface area contributed by atoms with Crippen molar-refractivity contribution in [2.24, 2.45) is 4.99 Å². The molecule has 0 amide bonds. The molecule has 1 unspecified atom stereocenters. The zero-order valence-electron chi connectivity index (χ0n) is 9.64. The summed E-state index contributed by atoms with van der Waals surface area (Å²) in [5, 5.41) is 3.40. The molecule has 1 aromatic rings. The largest absolute Gasteiger partial charge is 0.357 e. The van der Waals surface area contributed by atoms with Gasteiger partial charge in [0.15, 0.2) is 0 Å². The summed E-state index contributed by atoms with van der Waals surface area (Å²) in [5.74, 6) is 1.47. The van der Waals surface area contributed by atoms with Crippen molar-refractivity contribution in [3.05, 3.63) is 53.1 Å². The molecule has 1 atom stereocenters. The maximum Gasteiger partial charge on any atom is 0.149 e. The summed E-state index contributed by atoms with van der Waals surface area (Å²) < 4.78 is 0. The molecule has 2 heterocycles. The lowest BCUT2D eigenvalue weighted by Crippen LogP contribution is -2.27. The van der Waals surface area contributed by atoms with Gasteiger partial charge in [-0.15, -0.1) is 0 Å². The molecule has 1 aliphatic carbocycles. The Morgan fingerprint density at radius 3 is 3.18 bits per heavy atom. The summed E-state index contributed by atoms with van der Waals surface area (Å²) in [6.07, 6.45) is 3.97. The van der Waals surface area contributed by atoms with E-state index < -0.39 is 0 Å². The smallest absolute Gasteiger partial charge is 0.149 e. The summed E-state index contributed by atoms with van der Waals surface area (Å²) in [6, 6.07) is 8.62. The van der Waals surface area contributed by atoms with E-state index in [1.807, 2.05) is 12.4 Å². The molecule has 0 spiro atoms. The van der Waals surface area contributed by atoms with Gasteiger partial charge >= 0.3 is 0 Å². The van der Waals surface area contributed by atoms with Crippen LogP contribution in [-0.2, 0) is 0 Å². The van der Waals surface area contributed by atoms with E-state index in [1.165, 1.54) is 22.5 Å². The van der Waals surface area contributed by atoms with Crippen molar-refractivity contribution in [3.63, 3.8) is 0 Å². The minimum absolute atomic E-state index is 0.444. The first kappa shape index (κ1) is 9.05. The summed E-state index contributed by atoms with van der Waals surface area (Å²) in [6.45, 7) is 3.16. The monoisotopic (exact) mass is 223 g/mol. The number of fused-ring (bicyclic) bond motifs is 4. The predicted octanol–water partition coefficient (Wildman–Crippen LogP) is 2.26. The Labute approximate surface area is 100 Å². The van der Waals surface area contributed by atoms with Crippen molar-refractivity contribution in [1.82, 2.24) is 10.2 Å². The lowest BCUT2D eigenvalue weighted by atomic mass is 10.0. The second kappa shape index (κ2) is 3.00. The van der Waals surface area contributed by atoms with Crippen molar-refractivity contribution in [2.75, 3.05) is 6.54 Å². The highest BCUT2D eigenvalue weighted by Crippen LogP contribution is 2.45. The molecule has 17 heavy (non-hydrogen) atoms. The number of aliphatic imine (C=N–C) groups is 1. The number of allylic oxidation sites excluding steroid dienone is 1. The zero-order chi connectivity index (χ0) is 11.4. The third-order valence-corrected chi connectivity index (χ3v) is 3.76. The molecule has 3 aliphatic rings. The summed E-state index contributed by atoms with van der Waals surface area (Å²) in [5.41, 5.74) is 5.35. The molecule has 0 bridgehead atoms. The van der Waals surface area contributed by atoms with Crippen molar-refractivity contribution in [1.29, 1.82) is 0 Å². The van der Waals surface area contributed by atoms with Gasteiger partial charge in [0, 0.05) is 23.9 Å². The normalized spacial score (nSPS) is 24.2. The molecule has 84 valence electrons. The van der Waals surface area contributed by atoms with Gasteiger partial charge in [0.25, 0.3) is 0 Å². The molecule has 1 aromatic carbocycles. The fourth-order valence-corrected chi connectivity index (χ4v) is 2.98. The molecular formula is C14H13N3. The van der Waals surface area contributed by atoms with E-state index in [4.69, 9.17) is 0 Å². The van der Waals surface area contributed by atoms with Gasteiger partial charge in [-0.2, -0.15) is 0 Å². The van der Waals surface area contributed by atoms with E-state index in [9.17, 15) is 0 Å². The Kier molecular flexibility index (Phi) is 1.60. The van der Waals surface area contributed by atoms with Gasteiger partial charge in [0.05, 0.1) is 17.9 Å². The fourth-order valence-electron chi connectivity index (χ4n) is 2.98. The molecule has 2 aliphatic heterocycles. The van der Waals surface area contributed by atoms with Crippen LogP contribution in [0.15, 0.2) is 47.0 Å². The summed E-state index contributed by atoms with van der Waals surface area (Å²) >= 11 is 0. The number of hydrogen-bond acceptors (Lipinski definition) is 3. The van der Waals surface area contributed by atoms with Crippen LogP contribution in [-0.4, -0.2) is 17.7 Å². The van der Waals surface area contributed by atoms with E-state index in [-0.39, 0.29) is 0 Å². The number of hydrogen-bond donors (Lipinski definition) is 1. The first-order chi connectivity index (χ1) is 8.36. The summed E-state index contributed by atoms with van der Waals surface area (Å²) in [4.78, 5) is 6.68. The van der Waals surface area contributed by atoms with Crippen LogP contribution in [0.1, 0.15) is 24.0 Å². The van der Waals surface area contributed by atoms with Crippen LogP contribution >= 0.6 is 0 Å². The molecule has 0 radical (unpaired) electrons. The van der Waals surface area contributed by atoms with Gasteiger partial charge in [0.2, 0.25) is 0 Å². The Hall–Kier alpha value is -2.03. The van der Waals surface area contributed by atoms with Crippen LogP contribution in [0.5, 0.6) is 0 Å². The molecule has 0 saturated carbocycles. The van der Waals surface area contributed by atoms with E-state index in [1.54, 1.807) is 0 Å². The van der Waals surface area contributed by atoms with E-state index in [0.29, 0.717) is 5.92 Å². The lowest BCUT2D eigenvalue weighted by Gasteiger charge is -2.28. The first-order valence-electron chi connectivity index (χ1n) is 5.96. The van der Waals surface area contributed by atoms with E-state index in [0.717, 1.165) is 12.4 Å². The molecule has 3 heteroatoms. The maximum atomic E-state index is 4.38. The maximum absolute atomic E-state index is 4.38. The number of nitrogens with zero attached hydrogens (tertiary/aromatic N) is 2. The van der Waals surface area contributed by atoms with Crippen LogP contribution in [0, 0.1) is 0 Å². The third-order valence-electron chi connectivity index (χ3n) is 3.76. The van der Waals surface area contributed by atoms with Gasteiger partial charge in [-0.25, -0.2) is 4.99 Å². The lowest BCUT2D eigenvalue weighted by molar-refractivity contribution is 0.463. The Morgan fingerprint density at radius 2 is 2.24 bits per heavy atom. The van der Waals surface area contributed by atoms with E-state index >= 15 is 0 Å². The molecule has 0 aromatic heterocycles. The van der Waals surface area contributed by atoms with Gasteiger partial charge in [-0.3, -0.25) is 0 Å². The minimum atomic E-state index is 0.444. The quantitative estimate of drug-likeness (QED) is 0.730. The van der Waals surface area contributed by atoms with Crippen LogP contribution in [0.4, 0.5) is 0 Å². The molecule has 0 fully saturated rings. The van der Waals surface area contributed by atoms with Gasteiger partial charge in [-0.1, -0.05) is 31.2 Å². The number of rotatable bonds is 0. The zero-order valence-corrected chi connectivity index (χ0v) is 9.64. The van der Waals surface area contributed by atoms with Crippen LogP contribution in [0.3, 0.4) is 0 Å². The molecule has 0 saturated heterocycles. The molecule has 4 rings (SSSR count). The standard InChI is InChI=1S/C14H13N3/c1-9-10-4-2-3-5-11(10)13-14(9)17-7-6-15-12(17)8-16-13/h2-6,8-9,16H,7H2,1H3. The average Bonchev–Trinajstić information content (AvgIpc) is 2.93. The van der Waals surface area contributed by atoms with Crippen molar-refractivity contribution in [3.8, 4) is 0 Å². The van der Waals surface area contributed by atoms with Crippen molar-refractivity contribution < 1.29 is 0 Å². The second-order valence-electron chi connectivity index (χ2n) is 4.64. The van der Waals surface area contributed by atoms with Crippen LogP contribution in [0.25, 0.3) is 5.70 Å². The fraction of sp³-hybridized carbons (Fsp3) is 0.214. The summed E-state index contributed by atoms with van der Waals surface area (Å²) in [7, 11) is 0. The van der Waals surface area contributed by atoms with Crippen LogP contribution in [0.2, 0.25) is 0 Å². The molecule has 3 nitrogen and oxygen atoms in total. The Bertz CT molecular complexity index is 595. The second-order valence-corrected chi connectivity index (χ2v) is 4.64. The number of benzene rings is 1. The SMILES string of the molecule is CC1C2=C(NC=C3N=CCN32)c2ccccc21. The molecular weight excluding hydrogens is 210 g/mol. The van der Waals surface area contributed by atoms with E-state index in [2.05, 4.69) is 46.4 Å². The topological polar surface area (TPSA) is 27.6 Å². The average molecular weight is 223 g/mol. The van der Waals surface area contributed by atoms with Gasteiger partial charge < -0.3 is 10.2 Å². The highest BCUT2D eigenvalue weighted by atomic mass is 15.3. The third kappa shape index (κ3) is 1.04. The minimum Gasteiger partial charge on any atom is -0.357 e. The van der Waals surface area contributed by atoms with Gasteiger partial charge in [-0.05, 0) is 5.56 Å². The Morgan fingerprint density at radius 1 is 1.35 bits per heavy atom. The highest BCUT2D eigenvalue weighted by Gasteiger charge is 2.35. The Balaban J connectivity index is 1.89.